The molecule has 0 fully saturated rings. The van der Waals surface area contributed by atoms with Gasteiger partial charge in [0.05, 0.1) is 29.9 Å². The van der Waals surface area contributed by atoms with Crippen molar-refractivity contribution in [2.45, 2.75) is 11.8 Å². The van der Waals surface area contributed by atoms with Crippen LogP contribution in [0, 0.1) is 6.92 Å². The summed E-state index contributed by atoms with van der Waals surface area (Å²) in [7, 11) is -2.39. The monoisotopic (exact) mass is 436 g/mol. The molecule has 0 heterocycles. The third-order valence-electron chi connectivity index (χ3n) is 4.63. The van der Waals surface area contributed by atoms with Crippen molar-refractivity contribution in [1.82, 2.24) is 0 Å². The number of anilines is 2. The maximum Gasteiger partial charge on any atom is 0.264 e. The number of carbonyl (C=O) groups is 1. The normalized spacial score (nSPS) is 10.9. The summed E-state index contributed by atoms with van der Waals surface area (Å²) in [6.07, 6.45) is 1.52. The molecule has 0 aliphatic carbocycles. The average molecular weight is 437 g/mol. The van der Waals surface area contributed by atoms with Gasteiger partial charge in [-0.2, -0.15) is 0 Å². The van der Waals surface area contributed by atoms with E-state index in [2.05, 4.69) is 11.9 Å². The molecule has 0 aromatic heterocycles. The van der Waals surface area contributed by atoms with Crippen molar-refractivity contribution >= 4 is 27.3 Å². The summed E-state index contributed by atoms with van der Waals surface area (Å²) in [6, 6.07) is 20.1. The van der Waals surface area contributed by atoms with E-state index in [4.69, 9.17) is 4.74 Å². The average Bonchev–Trinajstić information content (AvgIpc) is 2.78. The number of aryl methyl sites for hydroxylation is 1. The summed E-state index contributed by atoms with van der Waals surface area (Å²) in [6.45, 7) is 5.67. The molecule has 0 unspecified atom stereocenters. The molecular weight excluding hydrogens is 412 g/mol. The Labute approximate surface area is 182 Å². The van der Waals surface area contributed by atoms with E-state index < -0.39 is 15.9 Å². The number of hydrogen-bond acceptors (Lipinski definition) is 4. The first-order valence-corrected chi connectivity index (χ1v) is 11.1. The van der Waals surface area contributed by atoms with E-state index in [9.17, 15) is 13.2 Å². The highest BCUT2D eigenvalue weighted by atomic mass is 32.2. The van der Waals surface area contributed by atoms with Gasteiger partial charge in [0.1, 0.15) is 5.75 Å². The molecule has 3 aromatic rings. The Balaban J connectivity index is 1.94. The number of ether oxygens (including phenoxy) is 1. The number of rotatable bonds is 8. The minimum absolute atomic E-state index is 0.0158. The standard InChI is InChI=1S/C24H24N2O4S/c1-4-15-26(20-10-6-5-7-11-20)31(28,29)21-12-8-9-19(17-21)24(27)25-22-16-18(2)13-14-23(22)30-3/h4-14,16-17H,1,15H2,2-3H3,(H,25,27). The molecule has 0 aliphatic rings. The predicted molar refractivity (Wildman–Crippen MR) is 123 cm³/mol. The first kappa shape index (κ1) is 22.1. The van der Waals surface area contributed by atoms with Crippen LogP contribution in [0.3, 0.4) is 0 Å². The SMILES string of the molecule is C=CCN(c1ccccc1)S(=O)(=O)c1cccc(C(=O)Nc2cc(C)ccc2OC)c1. The summed E-state index contributed by atoms with van der Waals surface area (Å²) >= 11 is 0. The van der Waals surface area contributed by atoms with Crippen molar-refractivity contribution < 1.29 is 17.9 Å². The van der Waals surface area contributed by atoms with Crippen LogP contribution in [0.2, 0.25) is 0 Å². The van der Waals surface area contributed by atoms with E-state index in [1.165, 1.54) is 29.6 Å². The zero-order chi connectivity index (χ0) is 22.4. The van der Waals surface area contributed by atoms with Gasteiger partial charge in [-0.05, 0) is 55.0 Å². The quantitative estimate of drug-likeness (QED) is 0.522. The first-order chi connectivity index (χ1) is 14.9. The van der Waals surface area contributed by atoms with Crippen molar-refractivity contribution in [3.8, 4) is 5.75 Å². The minimum Gasteiger partial charge on any atom is -0.495 e. The molecule has 7 heteroatoms. The fourth-order valence-electron chi connectivity index (χ4n) is 3.09. The van der Waals surface area contributed by atoms with Crippen molar-refractivity contribution in [1.29, 1.82) is 0 Å². The number of hydrogen-bond donors (Lipinski definition) is 1. The minimum atomic E-state index is -3.91. The fourth-order valence-corrected chi connectivity index (χ4v) is 4.57. The summed E-state index contributed by atoms with van der Waals surface area (Å²) in [5, 5.41) is 2.79. The van der Waals surface area contributed by atoms with Crippen molar-refractivity contribution in [3.63, 3.8) is 0 Å². The molecule has 31 heavy (non-hydrogen) atoms. The Morgan fingerprint density at radius 3 is 2.48 bits per heavy atom. The van der Waals surface area contributed by atoms with E-state index in [0.29, 0.717) is 17.1 Å². The van der Waals surface area contributed by atoms with E-state index in [1.807, 2.05) is 19.1 Å². The molecule has 0 saturated heterocycles. The first-order valence-electron chi connectivity index (χ1n) is 9.61. The Kier molecular flexibility index (Phi) is 6.77. The number of nitrogens with zero attached hydrogens (tertiary/aromatic N) is 1. The molecule has 0 atom stereocenters. The van der Waals surface area contributed by atoms with Crippen LogP contribution in [-0.4, -0.2) is 28.0 Å². The number of methoxy groups -OCH3 is 1. The third kappa shape index (κ3) is 4.95. The lowest BCUT2D eigenvalue weighted by atomic mass is 10.1. The Morgan fingerprint density at radius 1 is 1.06 bits per heavy atom. The third-order valence-corrected chi connectivity index (χ3v) is 6.42. The number of para-hydroxylation sites is 1. The lowest BCUT2D eigenvalue weighted by molar-refractivity contribution is 0.102. The second-order valence-electron chi connectivity index (χ2n) is 6.85. The number of benzene rings is 3. The number of amides is 1. The van der Waals surface area contributed by atoms with Crippen LogP contribution >= 0.6 is 0 Å². The highest BCUT2D eigenvalue weighted by Gasteiger charge is 2.25. The maximum absolute atomic E-state index is 13.3. The van der Waals surface area contributed by atoms with Crippen molar-refractivity contribution in [2.75, 3.05) is 23.3 Å². The molecule has 0 radical (unpaired) electrons. The van der Waals surface area contributed by atoms with Crippen molar-refractivity contribution in [2.24, 2.45) is 0 Å². The highest BCUT2D eigenvalue weighted by Crippen LogP contribution is 2.27. The molecule has 0 saturated carbocycles. The largest absolute Gasteiger partial charge is 0.495 e. The van der Waals surface area contributed by atoms with Gasteiger partial charge in [-0.15, -0.1) is 6.58 Å². The fraction of sp³-hybridized carbons (Fsp3) is 0.125. The van der Waals surface area contributed by atoms with E-state index in [1.54, 1.807) is 48.5 Å². The van der Waals surface area contributed by atoms with Crippen molar-refractivity contribution in [3.05, 3.63) is 96.6 Å². The number of nitrogens with one attached hydrogen (secondary N) is 1. The topological polar surface area (TPSA) is 75.7 Å². The highest BCUT2D eigenvalue weighted by molar-refractivity contribution is 7.92. The van der Waals surface area contributed by atoms with Gasteiger partial charge in [0, 0.05) is 5.56 Å². The van der Waals surface area contributed by atoms with Gasteiger partial charge >= 0.3 is 0 Å². The summed E-state index contributed by atoms with van der Waals surface area (Å²) in [5.74, 6) is 0.0832. The van der Waals surface area contributed by atoms with Gasteiger partial charge in [0.2, 0.25) is 0 Å². The molecule has 1 amide bonds. The lowest BCUT2D eigenvalue weighted by Crippen LogP contribution is -2.31. The van der Waals surface area contributed by atoms with Crippen LogP contribution in [0.15, 0.2) is 90.3 Å². The molecular formula is C24H24N2O4S. The molecule has 6 nitrogen and oxygen atoms in total. The lowest BCUT2D eigenvalue weighted by Gasteiger charge is -2.23. The number of sulfonamides is 1. The van der Waals surface area contributed by atoms with Gasteiger partial charge in [-0.25, -0.2) is 8.42 Å². The van der Waals surface area contributed by atoms with Crippen LogP contribution < -0.4 is 14.4 Å². The van der Waals surface area contributed by atoms with E-state index in [0.717, 1.165) is 5.56 Å². The molecule has 3 aromatic carbocycles. The summed E-state index contributed by atoms with van der Waals surface area (Å²) in [5.41, 5.74) is 2.20. The van der Waals surface area contributed by atoms with Crippen LogP contribution in [-0.2, 0) is 10.0 Å². The van der Waals surface area contributed by atoms with Gasteiger partial charge in [0.25, 0.3) is 15.9 Å². The Hall–Kier alpha value is -3.58. The van der Waals surface area contributed by atoms with E-state index >= 15 is 0 Å². The molecule has 1 N–H and O–H groups in total. The maximum atomic E-state index is 13.3. The predicted octanol–water partition coefficient (Wildman–Crippen LogP) is 4.64. The second-order valence-corrected chi connectivity index (χ2v) is 8.71. The van der Waals surface area contributed by atoms with Gasteiger partial charge < -0.3 is 10.1 Å². The number of carbonyl (C=O) groups excluding carboxylic acids is 1. The van der Waals surface area contributed by atoms with E-state index in [-0.39, 0.29) is 17.0 Å². The molecule has 160 valence electrons. The van der Waals surface area contributed by atoms with Gasteiger partial charge in [0.15, 0.2) is 0 Å². The second kappa shape index (κ2) is 9.49. The molecule has 3 rings (SSSR count). The molecule has 0 bridgehead atoms. The van der Waals surface area contributed by atoms with Crippen LogP contribution in [0.25, 0.3) is 0 Å². The van der Waals surface area contributed by atoms with Crippen LogP contribution in [0.5, 0.6) is 5.75 Å². The zero-order valence-electron chi connectivity index (χ0n) is 17.4. The van der Waals surface area contributed by atoms with Crippen LogP contribution in [0.4, 0.5) is 11.4 Å². The summed E-state index contributed by atoms with van der Waals surface area (Å²) in [4.78, 5) is 12.9. The van der Waals surface area contributed by atoms with Crippen LogP contribution in [0.1, 0.15) is 15.9 Å². The molecule has 0 aliphatic heterocycles. The Morgan fingerprint density at radius 2 is 1.81 bits per heavy atom. The smallest absolute Gasteiger partial charge is 0.264 e. The molecule has 0 spiro atoms. The Bertz CT molecular complexity index is 1190. The van der Waals surface area contributed by atoms with Gasteiger partial charge in [-0.3, -0.25) is 9.10 Å². The van der Waals surface area contributed by atoms with Gasteiger partial charge in [-0.1, -0.05) is 36.4 Å². The zero-order valence-corrected chi connectivity index (χ0v) is 18.2. The summed E-state index contributed by atoms with van der Waals surface area (Å²) < 4.78 is 33.2.